The van der Waals surface area contributed by atoms with Gasteiger partial charge in [0.05, 0.1) is 31.0 Å². The molecule has 2 saturated heterocycles. The van der Waals surface area contributed by atoms with Crippen LogP contribution in [-0.4, -0.2) is 84.8 Å². The van der Waals surface area contributed by atoms with Gasteiger partial charge in [0.1, 0.15) is 11.9 Å². The third-order valence-electron chi connectivity index (χ3n) is 5.47. The van der Waals surface area contributed by atoms with Crippen molar-refractivity contribution >= 4 is 35.4 Å². The Bertz CT molecular complexity index is 1110. The van der Waals surface area contributed by atoms with Crippen LogP contribution >= 0.6 is 0 Å². The number of urea groups is 1. The van der Waals surface area contributed by atoms with E-state index in [1.54, 1.807) is 11.0 Å². The van der Waals surface area contributed by atoms with Gasteiger partial charge >= 0.3 is 18.5 Å². The van der Waals surface area contributed by atoms with E-state index in [1.165, 1.54) is 35.6 Å². The predicted octanol–water partition coefficient (Wildman–Crippen LogP) is 1.18. The highest BCUT2D eigenvalue weighted by molar-refractivity contribution is 5.90. The zero-order chi connectivity index (χ0) is 25.7. The van der Waals surface area contributed by atoms with Gasteiger partial charge in [-0.2, -0.15) is 8.78 Å². The van der Waals surface area contributed by atoms with Crippen molar-refractivity contribution in [2.75, 3.05) is 54.4 Å². The molecule has 4 rings (SSSR count). The largest absolute Gasteiger partial charge is 0.442 e. The molecule has 15 heteroatoms. The van der Waals surface area contributed by atoms with Crippen LogP contribution in [0.3, 0.4) is 0 Å². The van der Waals surface area contributed by atoms with E-state index >= 15 is 4.39 Å². The molecular formula is C21H23F3N8O4. The number of ether oxygens (including phenoxy) is 1. The van der Waals surface area contributed by atoms with E-state index in [9.17, 15) is 23.2 Å². The average Bonchev–Trinajstić information content (AvgIpc) is 3.07. The molecule has 2 aliphatic rings. The summed E-state index contributed by atoms with van der Waals surface area (Å²) < 4.78 is 44.8. The lowest BCUT2D eigenvalue weighted by molar-refractivity contribution is -0.132. The molecular weight excluding hydrogens is 485 g/mol. The summed E-state index contributed by atoms with van der Waals surface area (Å²) in [5.74, 6) is -1.90. The molecule has 2 fully saturated rings. The molecule has 0 radical (unpaired) electrons. The molecule has 0 saturated carbocycles. The summed E-state index contributed by atoms with van der Waals surface area (Å²) in [5, 5.41) is 5.92. The van der Waals surface area contributed by atoms with Crippen molar-refractivity contribution in [2.45, 2.75) is 12.5 Å². The SMILES string of the molecule is O=C(NC[C@H]1CN(c2ccc(N3CCNN(C(=O)Nc4ncccn4)CC3)c(F)c2)C(=O)O1)C(F)F. The Morgan fingerprint density at radius 3 is 2.69 bits per heavy atom. The van der Waals surface area contributed by atoms with E-state index < -0.39 is 36.4 Å². The normalized spacial score (nSPS) is 18.2. The Morgan fingerprint density at radius 2 is 1.97 bits per heavy atom. The van der Waals surface area contributed by atoms with Gasteiger partial charge in [0.25, 0.3) is 5.91 Å². The van der Waals surface area contributed by atoms with Crippen LogP contribution in [0.1, 0.15) is 0 Å². The first-order chi connectivity index (χ1) is 17.3. The van der Waals surface area contributed by atoms with Gasteiger partial charge in [-0.05, 0) is 24.3 Å². The zero-order valence-corrected chi connectivity index (χ0v) is 18.9. The highest BCUT2D eigenvalue weighted by atomic mass is 19.3. The average molecular weight is 508 g/mol. The minimum absolute atomic E-state index is 0.0377. The number of rotatable bonds is 6. The number of nitrogens with one attached hydrogen (secondary N) is 3. The van der Waals surface area contributed by atoms with Gasteiger partial charge in [0.15, 0.2) is 0 Å². The Morgan fingerprint density at radius 1 is 1.19 bits per heavy atom. The summed E-state index contributed by atoms with van der Waals surface area (Å²) in [4.78, 5) is 46.5. The van der Waals surface area contributed by atoms with Crippen LogP contribution in [0.2, 0.25) is 0 Å². The van der Waals surface area contributed by atoms with Crippen LogP contribution in [0.15, 0.2) is 36.7 Å². The van der Waals surface area contributed by atoms with E-state index in [1.807, 2.05) is 5.32 Å². The van der Waals surface area contributed by atoms with E-state index in [2.05, 4.69) is 20.7 Å². The maximum atomic E-state index is 15.0. The third kappa shape index (κ3) is 5.91. The molecule has 2 aromatic rings. The number of halogens is 3. The number of nitrogens with zero attached hydrogens (tertiary/aromatic N) is 5. The molecule has 192 valence electrons. The van der Waals surface area contributed by atoms with Crippen molar-refractivity contribution in [1.29, 1.82) is 0 Å². The molecule has 2 aliphatic heterocycles. The number of cyclic esters (lactones) is 1. The molecule has 36 heavy (non-hydrogen) atoms. The molecule has 1 atom stereocenters. The lowest BCUT2D eigenvalue weighted by Crippen LogP contribution is -2.46. The van der Waals surface area contributed by atoms with Gasteiger partial charge in [0, 0.05) is 32.0 Å². The highest BCUT2D eigenvalue weighted by Crippen LogP contribution is 2.28. The summed E-state index contributed by atoms with van der Waals surface area (Å²) >= 11 is 0. The van der Waals surface area contributed by atoms with Gasteiger partial charge in [-0.3, -0.25) is 20.0 Å². The maximum Gasteiger partial charge on any atom is 0.414 e. The molecule has 1 aromatic heterocycles. The maximum absolute atomic E-state index is 15.0. The summed E-state index contributed by atoms with van der Waals surface area (Å²) in [6.07, 6.45) is -1.80. The number of anilines is 3. The van der Waals surface area contributed by atoms with Crippen molar-refractivity contribution in [1.82, 2.24) is 25.7 Å². The monoisotopic (exact) mass is 508 g/mol. The molecule has 3 heterocycles. The van der Waals surface area contributed by atoms with Crippen LogP contribution in [0.4, 0.5) is 40.1 Å². The van der Waals surface area contributed by atoms with E-state index in [0.717, 1.165) is 4.90 Å². The highest BCUT2D eigenvalue weighted by Gasteiger charge is 2.33. The van der Waals surface area contributed by atoms with E-state index in [4.69, 9.17) is 4.74 Å². The minimum atomic E-state index is -3.17. The molecule has 3 N–H and O–H groups in total. The van der Waals surface area contributed by atoms with Crippen LogP contribution in [-0.2, 0) is 9.53 Å². The fourth-order valence-electron chi connectivity index (χ4n) is 3.72. The van der Waals surface area contributed by atoms with Gasteiger partial charge < -0.3 is 15.0 Å². The number of alkyl halides is 2. The Labute approximate surface area is 203 Å². The van der Waals surface area contributed by atoms with Crippen LogP contribution in [0.25, 0.3) is 0 Å². The molecule has 0 unspecified atom stereocenters. The van der Waals surface area contributed by atoms with Gasteiger partial charge in [-0.1, -0.05) is 0 Å². The lowest BCUT2D eigenvalue weighted by Gasteiger charge is -2.24. The van der Waals surface area contributed by atoms with Crippen LogP contribution in [0, 0.1) is 5.82 Å². The summed E-state index contributed by atoms with van der Waals surface area (Å²) in [6, 6.07) is 5.39. The topological polar surface area (TPSA) is 132 Å². The van der Waals surface area contributed by atoms with Crippen molar-refractivity contribution in [3.8, 4) is 0 Å². The van der Waals surface area contributed by atoms with Crippen LogP contribution < -0.4 is 25.9 Å². The van der Waals surface area contributed by atoms with Gasteiger partial charge in [-0.25, -0.2) is 29.4 Å². The number of hydrogen-bond acceptors (Lipinski definition) is 8. The first kappa shape index (κ1) is 25.0. The van der Waals surface area contributed by atoms with Crippen molar-refractivity contribution in [2.24, 2.45) is 0 Å². The molecule has 0 spiro atoms. The lowest BCUT2D eigenvalue weighted by atomic mass is 10.2. The molecule has 0 aliphatic carbocycles. The molecule has 12 nitrogen and oxygen atoms in total. The van der Waals surface area contributed by atoms with E-state index in [-0.39, 0.29) is 37.0 Å². The smallest absolute Gasteiger partial charge is 0.414 e. The Balaban J connectivity index is 1.35. The number of hydrazine groups is 1. The number of carbonyl (C=O) groups excluding carboxylic acids is 3. The van der Waals surface area contributed by atoms with Gasteiger partial charge in [-0.15, -0.1) is 0 Å². The summed E-state index contributed by atoms with van der Waals surface area (Å²) in [7, 11) is 0. The quantitative estimate of drug-likeness (QED) is 0.530. The van der Waals surface area contributed by atoms with E-state index in [0.29, 0.717) is 19.6 Å². The zero-order valence-electron chi connectivity index (χ0n) is 18.9. The minimum Gasteiger partial charge on any atom is -0.442 e. The summed E-state index contributed by atoms with van der Waals surface area (Å²) in [5.41, 5.74) is 3.47. The fraction of sp³-hybridized carbons (Fsp3) is 0.381. The Hall–Kier alpha value is -4.14. The third-order valence-corrected chi connectivity index (χ3v) is 5.47. The first-order valence-electron chi connectivity index (χ1n) is 11.0. The Kier molecular flexibility index (Phi) is 7.68. The molecule has 1 aromatic carbocycles. The van der Waals surface area contributed by atoms with Crippen LogP contribution in [0.5, 0.6) is 0 Å². The van der Waals surface area contributed by atoms with Gasteiger partial charge in [0.2, 0.25) is 5.95 Å². The van der Waals surface area contributed by atoms with Crippen molar-refractivity contribution in [3.63, 3.8) is 0 Å². The number of benzene rings is 1. The second-order valence-electron chi connectivity index (χ2n) is 7.85. The number of carbonyl (C=O) groups is 3. The van der Waals surface area contributed by atoms with Crippen molar-refractivity contribution in [3.05, 3.63) is 42.5 Å². The first-order valence-corrected chi connectivity index (χ1v) is 11.0. The van der Waals surface area contributed by atoms with Crippen molar-refractivity contribution < 1.29 is 32.3 Å². The second kappa shape index (κ2) is 11.1. The summed E-state index contributed by atoms with van der Waals surface area (Å²) in [6.45, 7) is 1.000. The molecule has 4 amide bonds. The number of aromatic nitrogens is 2. The second-order valence-corrected chi connectivity index (χ2v) is 7.85. The standard InChI is InChI=1S/C21H23F3N8O4/c22-15-10-13(31-12-14(36-21(31)35)11-27-18(33)17(23)24)2-3-16(15)30-7-6-28-32(9-8-30)20(34)29-19-25-4-1-5-26-19/h1-5,10,14,17,28H,6-9,11-12H2,(H,27,33)(H,25,26,29,34)/t14-/m0/s1. The number of amides is 4. The predicted molar refractivity (Wildman–Crippen MR) is 121 cm³/mol. The fourth-order valence-corrected chi connectivity index (χ4v) is 3.72. The molecule has 0 bridgehead atoms. The number of hydrogen-bond donors (Lipinski definition) is 3.